The van der Waals surface area contributed by atoms with Crippen LogP contribution in [0.3, 0.4) is 0 Å². The molecule has 2 saturated heterocycles. The largest absolute Gasteiger partial charge is 0.377 e. The Labute approximate surface area is 117 Å². The lowest BCUT2D eigenvalue weighted by Crippen LogP contribution is -2.39. The zero-order valence-corrected chi connectivity index (χ0v) is 12.6. The molecule has 0 amide bonds. The molecule has 2 fully saturated rings. The van der Waals surface area contributed by atoms with Crippen LogP contribution in [0.25, 0.3) is 0 Å². The predicted molar refractivity (Wildman–Crippen MR) is 75.4 cm³/mol. The van der Waals surface area contributed by atoms with E-state index >= 15 is 0 Å². The summed E-state index contributed by atoms with van der Waals surface area (Å²) in [7, 11) is 0. The van der Waals surface area contributed by atoms with Gasteiger partial charge in [-0.25, -0.2) is 0 Å². The third kappa shape index (κ3) is 5.38. The first kappa shape index (κ1) is 15.2. The van der Waals surface area contributed by atoms with Crippen LogP contribution in [0.5, 0.6) is 0 Å². The summed E-state index contributed by atoms with van der Waals surface area (Å²) >= 11 is 0. The summed E-state index contributed by atoms with van der Waals surface area (Å²) in [6.45, 7) is 9.19. The molecule has 112 valence electrons. The lowest BCUT2D eigenvalue weighted by atomic mass is 10.0. The molecule has 2 rings (SSSR count). The van der Waals surface area contributed by atoms with Crippen LogP contribution in [0.4, 0.5) is 0 Å². The fourth-order valence-corrected chi connectivity index (χ4v) is 3.09. The fraction of sp³-hybridized carbons (Fsp3) is 1.00. The summed E-state index contributed by atoms with van der Waals surface area (Å²) in [4.78, 5) is 0. The minimum Gasteiger partial charge on any atom is -0.377 e. The number of rotatable bonds is 6. The molecule has 2 aliphatic rings. The molecule has 19 heavy (non-hydrogen) atoms. The van der Waals surface area contributed by atoms with Crippen molar-refractivity contribution in [2.24, 2.45) is 0 Å². The summed E-state index contributed by atoms with van der Waals surface area (Å²) in [5.74, 6) is 0. The van der Waals surface area contributed by atoms with Crippen molar-refractivity contribution < 1.29 is 14.2 Å². The van der Waals surface area contributed by atoms with Crippen molar-refractivity contribution >= 4 is 0 Å². The quantitative estimate of drug-likeness (QED) is 0.803. The maximum absolute atomic E-state index is 6.11. The van der Waals surface area contributed by atoms with E-state index < -0.39 is 0 Å². The maximum atomic E-state index is 6.11. The molecular formula is C15H29NO3. The maximum Gasteiger partial charge on any atom is 0.0700 e. The molecule has 0 aliphatic carbocycles. The summed E-state index contributed by atoms with van der Waals surface area (Å²) in [5.41, 5.74) is 0. The van der Waals surface area contributed by atoms with Gasteiger partial charge in [-0.1, -0.05) is 0 Å². The van der Waals surface area contributed by atoms with Crippen LogP contribution in [-0.4, -0.2) is 50.2 Å². The molecule has 0 saturated carbocycles. The van der Waals surface area contributed by atoms with Crippen molar-refractivity contribution in [1.29, 1.82) is 0 Å². The fourth-order valence-electron chi connectivity index (χ4n) is 3.09. The molecule has 4 unspecified atom stereocenters. The van der Waals surface area contributed by atoms with E-state index in [4.69, 9.17) is 14.2 Å². The number of ether oxygens (including phenoxy) is 3. The molecule has 2 aliphatic heterocycles. The Bertz CT molecular complexity index is 246. The van der Waals surface area contributed by atoms with Gasteiger partial charge in [0.15, 0.2) is 0 Å². The Balaban J connectivity index is 1.59. The van der Waals surface area contributed by atoms with Gasteiger partial charge in [-0.15, -0.1) is 0 Å². The Morgan fingerprint density at radius 3 is 2.63 bits per heavy atom. The van der Waals surface area contributed by atoms with Crippen molar-refractivity contribution in [3.05, 3.63) is 0 Å². The van der Waals surface area contributed by atoms with Crippen LogP contribution in [0.2, 0.25) is 0 Å². The van der Waals surface area contributed by atoms with Crippen LogP contribution < -0.4 is 5.32 Å². The third-order valence-corrected chi connectivity index (χ3v) is 3.91. The van der Waals surface area contributed by atoms with E-state index in [1.807, 2.05) is 0 Å². The second-order valence-electron chi connectivity index (χ2n) is 6.09. The Kier molecular flexibility index (Phi) is 6.07. The van der Waals surface area contributed by atoms with Gasteiger partial charge in [0, 0.05) is 19.7 Å². The lowest BCUT2D eigenvalue weighted by molar-refractivity contribution is -0.117. The minimum atomic E-state index is 0.254. The molecule has 1 N–H and O–H groups in total. The zero-order chi connectivity index (χ0) is 13.7. The van der Waals surface area contributed by atoms with E-state index in [1.54, 1.807) is 0 Å². The molecule has 2 heterocycles. The highest BCUT2D eigenvalue weighted by Crippen LogP contribution is 2.22. The highest BCUT2D eigenvalue weighted by Gasteiger charge is 2.26. The first-order chi connectivity index (χ1) is 9.13. The lowest BCUT2D eigenvalue weighted by Gasteiger charge is -2.33. The predicted octanol–water partition coefficient (Wildman–Crippen LogP) is 2.12. The van der Waals surface area contributed by atoms with E-state index in [0.717, 1.165) is 32.5 Å². The van der Waals surface area contributed by atoms with Crippen LogP contribution in [0.15, 0.2) is 0 Å². The molecule has 4 atom stereocenters. The van der Waals surface area contributed by atoms with E-state index in [9.17, 15) is 0 Å². The van der Waals surface area contributed by atoms with Crippen molar-refractivity contribution in [2.75, 3.05) is 19.7 Å². The zero-order valence-electron chi connectivity index (χ0n) is 12.6. The van der Waals surface area contributed by atoms with Gasteiger partial charge in [-0.05, 0) is 46.5 Å². The van der Waals surface area contributed by atoms with Gasteiger partial charge in [-0.2, -0.15) is 0 Å². The molecule has 0 aromatic heterocycles. The van der Waals surface area contributed by atoms with Gasteiger partial charge in [0.25, 0.3) is 0 Å². The summed E-state index contributed by atoms with van der Waals surface area (Å²) < 4.78 is 17.4. The molecule has 0 aromatic carbocycles. The molecule has 4 nitrogen and oxygen atoms in total. The smallest absolute Gasteiger partial charge is 0.0700 e. The average molecular weight is 271 g/mol. The van der Waals surface area contributed by atoms with Gasteiger partial charge in [0.2, 0.25) is 0 Å². The van der Waals surface area contributed by atoms with Gasteiger partial charge in [0.1, 0.15) is 0 Å². The van der Waals surface area contributed by atoms with Gasteiger partial charge < -0.3 is 19.5 Å². The van der Waals surface area contributed by atoms with E-state index in [1.165, 1.54) is 12.8 Å². The number of hydrogen-bond donors (Lipinski definition) is 1. The Morgan fingerprint density at radius 1 is 1.26 bits per heavy atom. The topological polar surface area (TPSA) is 39.7 Å². The average Bonchev–Trinajstić information content (AvgIpc) is 2.80. The van der Waals surface area contributed by atoms with E-state index in [0.29, 0.717) is 24.4 Å². The van der Waals surface area contributed by atoms with Crippen LogP contribution in [-0.2, 0) is 14.2 Å². The van der Waals surface area contributed by atoms with E-state index in [2.05, 4.69) is 26.1 Å². The van der Waals surface area contributed by atoms with Crippen molar-refractivity contribution in [2.45, 2.75) is 77.0 Å². The van der Waals surface area contributed by atoms with Gasteiger partial charge >= 0.3 is 0 Å². The van der Waals surface area contributed by atoms with Crippen molar-refractivity contribution in [3.63, 3.8) is 0 Å². The van der Waals surface area contributed by atoms with Crippen LogP contribution >= 0.6 is 0 Å². The second kappa shape index (κ2) is 7.58. The third-order valence-electron chi connectivity index (χ3n) is 3.91. The number of hydrogen-bond acceptors (Lipinski definition) is 4. The van der Waals surface area contributed by atoms with Crippen molar-refractivity contribution in [3.8, 4) is 0 Å². The SMILES string of the molecule is CC1CC(OC(C)CNCC2CCCO2)CC(C)O1. The van der Waals surface area contributed by atoms with E-state index in [-0.39, 0.29) is 6.10 Å². The first-order valence-corrected chi connectivity index (χ1v) is 7.76. The standard InChI is InChI=1S/C15H29NO3/c1-11-7-15(8-12(2)18-11)19-13(3)9-16-10-14-5-4-6-17-14/h11-16H,4-10H2,1-3H3. The van der Waals surface area contributed by atoms with Gasteiger partial charge in [0.05, 0.1) is 30.5 Å². The molecule has 0 spiro atoms. The Hall–Kier alpha value is -0.160. The molecule has 0 radical (unpaired) electrons. The summed E-state index contributed by atoms with van der Waals surface area (Å²) in [5, 5.41) is 3.46. The first-order valence-electron chi connectivity index (χ1n) is 7.76. The summed E-state index contributed by atoms with van der Waals surface area (Å²) in [6.07, 6.45) is 6.08. The molecular weight excluding hydrogens is 242 g/mol. The second-order valence-corrected chi connectivity index (χ2v) is 6.09. The monoisotopic (exact) mass is 271 g/mol. The summed E-state index contributed by atoms with van der Waals surface area (Å²) in [6, 6.07) is 0. The van der Waals surface area contributed by atoms with Crippen LogP contribution in [0.1, 0.15) is 46.5 Å². The molecule has 0 bridgehead atoms. The highest BCUT2D eigenvalue weighted by molar-refractivity contribution is 4.75. The van der Waals surface area contributed by atoms with Gasteiger partial charge in [-0.3, -0.25) is 0 Å². The highest BCUT2D eigenvalue weighted by atomic mass is 16.5. The Morgan fingerprint density at radius 2 is 2.00 bits per heavy atom. The normalized spacial score (nSPS) is 37.4. The molecule has 4 heteroatoms. The molecule has 0 aromatic rings. The number of nitrogens with one attached hydrogen (secondary N) is 1. The minimum absolute atomic E-state index is 0.254. The van der Waals surface area contributed by atoms with Crippen LogP contribution in [0, 0.1) is 0 Å². The van der Waals surface area contributed by atoms with Crippen molar-refractivity contribution in [1.82, 2.24) is 5.32 Å².